The molecule has 0 unspecified atom stereocenters. The number of anilines is 1. The number of pyridine rings is 1. The normalized spacial score (nSPS) is 11.5. The number of rotatable bonds is 6. The van der Waals surface area contributed by atoms with Gasteiger partial charge in [0.05, 0.1) is 6.21 Å². The van der Waals surface area contributed by atoms with Gasteiger partial charge in [-0.05, 0) is 54.5 Å². The molecule has 0 bridgehead atoms. The van der Waals surface area contributed by atoms with Gasteiger partial charge in [-0.2, -0.15) is 0 Å². The van der Waals surface area contributed by atoms with Crippen molar-refractivity contribution in [2.24, 2.45) is 12.2 Å². The van der Waals surface area contributed by atoms with E-state index in [1.54, 1.807) is 57.0 Å². The van der Waals surface area contributed by atoms with E-state index in [1.807, 2.05) is 24.3 Å². The minimum Gasteiger partial charge on any atom is -0.444 e. The van der Waals surface area contributed by atoms with E-state index in [1.165, 1.54) is 0 Å². The maximum Gasteiger partial charge on any atom is 0.413 e. The third-order valence-electron chi connectivity index (χ3n) is 3.75. The molecular formula is C20H23N7O3. The second-order valence-electron chi connectivity index (χ2n) is 7.43. The van der Waals surface area contributed by atoms with Gasteiger partial charge in [-0.25, -0.2) is 14.5 Å². The Morgan fingerprint density at radius 2 is 2.00 bits per heavy atom. The number of hydrogen-bond donors (Lipinski definition) is 1. The monoisotopic (exact) mass is 409 g/mol. The molecule has 0 aliphatic carbocycles. The lowest BCUT2D eigenvalue weighted by atomic mass is 10.1. The van der Waals surface area contributed by atoms with E-state index in [2.05, 4.69) is 31.0 Å². The third kappa shape index (κ3) is 6.09. The summed E-state index contributed by atoms with van der Waals surface area (Å²) in [5.74, 6) is 1.06. The molecule has 0 saturated heterocycles. The number of nitrogens with one attached hydrogen (secondary N) is 1. The third-order valence-corrected chi connectivity index (χ3v) is 3.75. The number of aromatic nitrogens is 5. The average molecular weight is 409 g/mol. The minimum absolute atomic E-state index is 0.227. The number of carbonyl (C=O) groups excluding carboxylic acids is 1. The number of benzene rings is 1. The van der Waals surface area contributed by atoms with E-state index in [0.717, 1.165) is 16.7 Å². The first-order valence-electron chi connectivity index (χ1n) is 9.23. The molecule has 3 aromatic rings. The van der Waals surface area contributed by atoms with Crippen molar-refractivity contribution in [1.82, 2.24) is 25.2 Å². The molecule has 2 aromatic heterocycles. The summed E-state index contributed by atoms with van der Waals surface area (Å²) >= 11 is 0. The highest BCUT2D eigenvalue weighted by Gasteiger charge is 2.16. The van der Waals surface area contributed by atoms with Crippen LogP contribution in [0.25, 0.3) is 11.4 Å². The van der Waals surface area contributed by atoms with Gasteiger partial charge in [-0.3, -0.25) is 5.32 Å². The van der Waals surface area contributed by atoms with Crippen LogP contribution < -0.4 is 5.32 Å². The molecule has 10 heteroatoms. The molecule has 0 aliphatic rings. The number of hydrogen-bond acceptors (Lipinski definition) is 8. The molecule has 0 fully saturated rings. The number of oxime groups is 1. The SMILES string of the molecule is Cn1nnnc1-c1ccc(/C=N/OCc2ccnc(NC(=O)OC(C)(C)C)c2)cc1. The second kappa shape index (κ2) is 9.12. The fourth-order valence-corrected chi connectivity index (χ4v) is 2.44. The molecule has 2 heterocycles. The summed E-state index contributed by atoms with van der Waals surface area (Å²) in [6, 6.07) is 11.1. The first-order valence-corrected chi connectivity index (χ1v) is 9.23. The van der Waals surface area contributed by atoms with Crippen LogP contribution in [0, 0.1) is 0 Å². The zero-order valence-corrected chi connectivity index (χ0v) is 17.2. The Bertz CT molecular complexity index is 1020. The topological polar surface area (TPSA) is 116 Å². The van der Waals surface area contributed by atoms with Gasteiger partial charge in [0.1, 0.15) is 18.0 Å². The Kier molecular flexibility index (Phi) is 6.35. The lowest BCUT2D eigenvalue weighted by molar-refractivity contribution is 0.0635. The van der Waals surface area contributed by atoms with E-state index in [4.69, 9.17) is 9.57 Å². The van der Waals surface area contributed by atoms with E-state index in [9.17, 15) is 4.79 Å². The van der Waals surface area contributed by atoms with Crippen LogP contribution in [0.5, 0.6) is 0 Å². The van der Waals surface area contributed by atoms with Crippen molar-refractivity contribution in [3.63, 3.8) is 0 Å². The number of carbonyl (C=O) groups is 1. The van der Waals surface area contributed by atoms with Gasteiger partial charge in [-0.1, -0.05) is 29.4 Å². The summed E-state index contributed by atoms with van der Waals surface area (Å²) in [6.45, 7) is 5.61. The number of nitrogens with zero attached hydrogens (tertiary/aromatic N) is 6. The molecule has 1 amide bonds. The lowest BCUT2D eigenvalue weighted by Gasteiger charge is -2.19. The van der Waals surface area contributed by atoms with Crippen LogP contribution in [-0.4, -0.2) is 43.1 Å². The van der Waals surface area contributed by atoms with E-state index < -0.39 is 11.7 Å². The average Bonchev–Trinajstić information content (AvgIpc) is 3.10. The highest BCUT2D eigenvalue weighted by Crippen LogP contribution is 2.15. The first kappa shape index (κ1) is 20.9. The van der Waals surface area contributed by atoms with Gasteiger partial charge in [0.2, 0.25) is 0 Å². The van der Waals surface area contributed by atoms with Gasteiger partial charge < -0.3 is 9.57 Å². The summed E-state index contributed by atoms with van der Waals surface area (Å²) in [7, 11) is 1.78. The van der Waals surface area contributed by atoms with Crippen molar-refractivity contribution in [1.29, 1.82) is 0 Å². The largest absolute Gasteiger partial charge is 0.444 e. The summed E-state index contributed by atoms with van der Waals surface area (Å²) < 4.78 is 6.81. The molecular weight excluding hydrogens is 386 g/mol. The second-order valence-corrected chi connectivity index (χ2v) is 7.43. The highest BCUT2D eigenvalue weighted by molar-refractivity contribution is 5.83. The van der Waals surface area contributed by atoms with Crippen LogP contribution in [0.3, 0.4) is 0 Å². The highest BCUT2D eigenvalue weighted by atomic mass is 16.6. The molecule has 0 spiro atoms. The van der Waals surface area contributed by atoms with Crippen LogP contribution in [0.1, 0.15) is 31.9 Å². The molecule has 0 radical (unpaired) electrons. The Morgan fingerprint density at radius 1 is 1.23 bits per heavy atom. The Hall–Kier alpha value is -3.82. The smallest absolute Gasteiger partial charge is 0.413 e. The molecule has 156 valence electrons. The molecule has 0 saturated carbocycles. The van der Waals surface area contributed by atoms with Gasteiger partial charge in [0, 0.05) is 18.8 Å². The lowest BCUT2D eigenvalue weighted by Crippen LogP contribution is -2.27. The van der Waals surface area contributed by atoms with Crippen molar-refractivity contribution < 1.29 is 14.4 Å². The fourth-order valence-electron chi connectivity index (χ4n) is 2.44. The Balaban J connectivity index is 1.52. The standard InChI is InChI=1S/C20H23N7O3/c1-20(2,3)30-19(28)23-17-11-15(9-10-21-17)13-29-22-12-14-5-7-16(8-6-14)18-24-25-26-27(18)4/h5-12H,13H2,1-4H3,(H,21,23,28)/b22-12+. The first-order chi connectivity index (χ1) is 14.3. The number of ether oxygens (including phenoxy) is 1. The van der Waals surface area contributed by atoms with Crippen LogP contribution in [0.4, 0.5) is 10.6 Å². The van der Waals surface area contributed by atoms with Crippen molar-refractivity contribution in [3.8, 4) is 11.4 Å². The molecule has 30 heavy (non-hydrogen) atoms. The zero-order chi connectivity index (χ0) is 21.6. The molecule has 0 atom stereocenters. The van der Waals surface area contributed by atoms with E-state index >= 15 is 0 Å². The van der Waals surface area contributed by atoms with Crippen LogP contribution in [0.15, 0.2) is 47.8 Å². The van der Waals surface area contributed by atoms with Crippen LogP contribution in [-0.2, 0) is 23.2 Å². The van der Waals surface area contributed by atoms with Crippen molar-refractivity contribution in [2.45, 2.75) is 33.0 Å². The number of aryl methyl sites for hydroxylation is 1. The minimum atomic E-state index is -0.580. The van der Waals surface area contributed by atoms with Crippen molar-refractivity contribution in [3.05, 3.63) is 53.7 Å². The maximum atomic E-state index is 11.8. The Morgan fingerprint density at radius 3 is 2.67 bits per heavy atom. The maximum absolute atomic E-state index is 11.8. The fraction of sp³-hybridized carbons (Fsp3) is 0.300. The van der Waals surface area contributed by atoms with E-state index in [-0.39, 0.29) is 6.61 Å². The van der Waals surface area contributed by atoms with Gasteiger partial charge in [0.15, 0.2) is 5.82 Å². The van der Waals surface area contributed by atoms with Crippen LogP contribution in [0.2, 0.25) is 0 Å². The summed E-state index contributed by atoms with van der Waals surface area (Å²) in [5, 5.41) is 18.0. The molecule has 1 aromatic carbocycles. The quantitative estimate of drug-likeness (QED) is 0.491. The summed E-state index contributed by atoms with van der Waals surface area (Å²) in [6.07, 6.45) is 2.63. The zero-order valence-electron chi connectivity index (χ0n) is 17.2. The predicted molar refractivity (Wildman–Crippen MR) is 111 cm³/mol. The van der Waals surface area contributed by atoms with Gasteiger partial charge in [0.25, 0.3) is 0 Å². The number of amides is 1. The molecule has 1 N–H and O–H groups in total. The van der Waals surface area contributed by atoms with Crippen LogP contribution >= 0.6 is 0 Å². The number of tetrazole rings is 1. The Labute approximate surface area is 173 Å². The van der Waals surface area contributed by atoms with E-state index in [0.29, 0.717) is 11.6 Å². The molecule has 3 rings (SSSR count). The molecule has 10 nitrogen and oxygen atoms in total. The van der Waals surface area contributed by atoms with Crippen molar-refractivity contribution >= 4 is 18.1 Å². The van der Waals surface area contributed by atoms with Crippen molar-refractivity contribution in [2.75, 3.05) is 5.32 Å². The molecule has 0 aliphatic heterocycles. The predicted octanol–water partition coefficient (Wildman–Crippen LogP) is 3.17. The van der Waals surface area contributed by atoms with Gasteiger partial charge in [-0.15, -0.1) is 5.10 Å². The summed E-state index contributed by atoms with van der Waals surface area (Å²) in [4.78, 5) is 21.3. The van der Waals surface area contributed by atoms with Gasteiger partial charge >= 0.3 is 6.09 Å². The summed E-state index contributed by atoms with van der Waals surface area (Å²) in [5.41, 5.74) is 2.00.